The Balaban J connectivity index is 0. The molecule has 1 atom stereocenters. The van der Waals surface area contributed by atoms with Gasteiger partial charge in [-0.25, -0.2) is 0 Å². The highest BCUT2D eigenvalue weighted by Crippen LogP contribution is 2.37. The fourth-order valence-corrected chi connectivity index (χ4v) is 4.85. The number of unbranched alkanes of at least 4 members (excludes halogenated alkanes) is 12. The van der Waals surface area contributed by atoms with Crippen LogP contribution in [0.5, 0.6) is 0 Å². The molecule has 4 heteroatoms. The Morgan fingerprint density at radius 1 is 0.686 bits per heavy atom. The van der Waals surface area contributed by atoms with Gasteiger partial charge in [-0.3, -0.25) is 0 Å². The summed E-state index contributed by atoms with van der Waals surface area (Å²) in [6.45, 7) is 14.5. The number of methoxy groups -OCH3 is 1. The molecule has 0 N–H and O–H groups in total. The molecule has 0 aliphatic heterocycles. The van der Waals surface area contributed by atoms with Crippen molar-refractivity contribution in [3.05, 3.63) is 12.7 Å². The van der Waals surface area contributed by atoms with Gasteiger partial charge in [-0.2, -0.15) is 12.6 Å². The molecular weight excluding hydrogens is 452 g/mol. The van der Waals surface area contributed by atoms with E-state index < -0.39 is 5.79 Å². The van der Waals surface area contributed by atoms with Crippen molar-refractivity contribution in [3.8, 4) is 0 Å². The molecule has 0 rings (SSSR count). The summed E-state index contributed by atoms with van der Waals surface area (Å²) in [5.41, 5.74) is 0. The molecule has 0 amide bonds. The molecule has 0 aromatic heterocycles. The van der Waals surface area contributed by atoms with Crippen LogP contribution in [0.1, 0.15) is 143 Å². The lowest BCUT2D eigenvalue weighted by molar-refractivity contribution is -0.271. The van der Waals surface area contributed by atoms with E-state index in [0.29, 0.717) is 5.92 Å². The van der Waals surface area contributed by atoms with Gasteiger partial charge in [0.05, 0.1) is 0 Å². The van der Waals surface area contributed by atoms with Crippen molar-refractivity contribution in [2.75, 3.05) is 32.7 Å². The smallest absolute Gasteiger partial charge is 0.171 e. The summed E-state index contributed by atoms with van der Waals surface area (Å²) in [5.74, 6) is 0.848. The fraction of sp³-hybridized carbons (Fsp3) is 0.935. The maximum Gasteiger partial charge on any atom is 0.171 e. The summed E-state index contributed by atoms with van der Waals surface area (Å²) < 4.78 is 18.3. The number of rotatable bonds is 26. The first-order valence-electron chi connectivity index (χ1n) is 15.1. The molecule has 0 radical (unpaired) electrons. The van der Waals surface area contributed by atoms with Gasteiger partial charge in [0, 0.05) is 45.0 Å². The van der Waals surface area contributed by atoms with Crippen molar-refractivity contribution < 1.29 is 14.2 Å². The second-order valence-corrected chi connectivity index (χ2v) is 10.1. The van der Waals surface area contributed by atoms with E-state index in [1.54, 1.807) is 6.08 Å². The Hall–Kier alpha value is -0.0300. The lowest BCUT2D eigenvalue weighted by atomic mass is 9.84. The maximum atomic E-state index is 6.46. The van der Waals surface area contributed by atoms with Gasteiger partial charge >= 0.3 is 0 Å². The zero-order valence-corrected chi connectivity index (χ0v) is 25.5. The molecule has 0 saturated heterocycles. The van der Waals surface area contributed by atoms with E-state index in [2.05, 4.69) is 46.9 Å². The average molecular weight is 517 g/mol. The molecule has 0 aliphatic rings. The van der Waals surface area contributed by atoms with Crippen molar-refractivity contribution >= 4 is 12.6 Å². The minimum absolute atomic E-state index is 0.400. The minimum Gasteiger partial charge on any atom is -0.385 e. The highest BCUT2D eigenvalue weighted by atomic mass is 32.1. The normalized spacial score (nSPS) is 12.3. The van der Waals surface area contributed by atoms with Gasteiger partial charge in [-0.05, 0) is 39.5 Å². The van der Waals surface area contributed by atoms with E-state index in [-0.39, 0.29) is 0 Å². The fourth-order valence-electron chi connectivity index (χ4n) is 4.85. The van der Waals surface area contributed by atoms with Crippen LogP contribution in [0.25, 0.3) is 0 Å². The first kappa shape index (κ1) is 37.1. The Morgan fingerprint density at radius 3 is 1.54 bits per heavy atom. The molecule has 0 aromatic rings. The summed E-state index contributed by atoms with van der Waals surface area (Å²) in [4.78, 5) is 0. The van der Waals surface area contributed by atoms with Crippen LogP contribution in [-0.2, 0) is 14.2 Å². The van der Waals surface area contributed by atoms with Crippen LogP contribution in [0.2, 0.25) is 0 Å². The van der Waals surface area contributed by atoms with Crippen LogP contribution in [0.3, 0.4) is 0 Å². The summed E-state index contributed by atoms with van der Waals surface area (Å²) in [6, 6.07) is 0. The number of thiol groups is 1. The molecule has 212 valence electrons. The van der Waals surface area contributed by atoms with Gasteiger partial charge in [0.25, 0.3) is 0 Å². The molecule has 3 nitrogen and oxygen atoms in total. The van der Waals surface area contributed by atoms with Crippen molar-refractivity contribution in [3.63, 3.8) is 0 Å². The molecule has 0 bridgehead atoms. The second kappa shape index (κ2) is 30.2. The lowest BCUT2D eigenvalue weighted by Crippen LogP contribution is -2.44. The molecule has 0 aromatic carbocycles. The Morgan fingerprint density at radius 2 is 1.11 bits per heavy atom. The van der Waals surface area contributed by atoms with Gasteiger partial charge in [0.15, 0.2) is 5.79 Å². The summed E-state index contributed by atoms with van der Waals surface area (Å²) in [7, 11) is 1.81. The summed E-state index contributed by atoms with van der Waals surface area (Å²) >= 11 is 3.80. The topological polar surface area (TPSA) is 27.7 Å². The molecule has 35 heavy (non-hydrogen) atoms. The molecule has 0 spiro atoms. The molecule has 0 saturated carbocycles. The van der Waals surface area contributed by atoms with E-state index >= 15 is 0 Å². The largest absolute Gasteiger partial charge is 0.385 e. The third-order valence-corrected chi connectivity index (χ3v) is 6.97. The van der Waals surface area contributed by atoms with Crippen molar-refractivity contribution in [1.82, 2.24) is 0 Å². The van der Waals surface area contributed by atoms with E-state index in [4.69, 9.17) is 14.2 Å². The van der Waals surface area contributed by atoms with E-state index in [1.165, 1.54) is 96.3 Å². The van der Waals surface area contributed by atoms with E-state index in [0.717, 1.165) is 44.8 Å². The molecule has 0 aliphatic carbocycles. The predicted octanol–water partition coefficient (Wildman–Crippen LogP) is 10.2. The van der Waals surface area contributed by atoms with Crippen LogP contribution in [0.15, 0.2) is 12.7 Å². The van der Waals surface area contributed by atoms with Gasteiger partial charge in [-0.1, -0.05) is 103 Å². The standard InChI is InChI=1S/C28H58O3.C3H6S/c1-6-10-12-14-16-17-19-21-25-28(30-8-3,31-9-4)27(24-22-26-29-5)23-20-18-15-13-11-7-2;1-2-3-4/h27H,6-26H2,1-5H3;2,4H,1,3H2. The Labute approximate surface area is 226 Å². The van der Waals surface area contributed by atoms with Crippen LogP contribution in [-0.4, -0.2) is 38.5 Å². The monoisotopic (exact) mass is 516 g/mol. The van der Waals surface area contributed by atoms with E-state index in [1.807, 2.05) is 7.11 Å². The number of hydrogen-bond acceptors (Lipinski definition) is 4. The first-order valence-corrected chi connectivity index (χ1v) is 15.7. The van der Waals surface area contributed by atoms with Gasteiger partial charge in [-0.15, -0.1) is 6.58 Å². The van der Waals surface area contributed by atoms with Crippen LogP contribution < -0.4 is 0 Å². The number of ether oxygens (including phenoxy) is 3. The van der Waals surface area contributed by atoms with Crippen LogP contribution >= 0.6 is 12.6 Å². The maximum absolute atomic E-state index is 6.46. The predicted molar refractivity (Wildman–Crippen MR) is 160 cm³/mol. The molecular formula is C31H64O3S. The SMILES string of the molecule is C=CCS.CCCCCCCCCCC(OCC)(OCC)C(CCCCCCCC)CCCOC. The zero-order chi connectivity index (χ0) is 26.5. The van der Waals surface area contributed by atoms with Gasteiger partial charge in [0.2, 0.25) is 0 Å². The quantitative estimate of drug-likeness (QED) is 0.0536. The summed E-state index contributed by atoms with van der Waals surface area (Å²) in [5, 5.41) is 0. The first-order chi connectivity index (χ1) is 17.1. The molecule has 0 heterocycles. The zero-order valence-electron chi connectivity index (χ0n) is 24.6. The van der Waals surface area contributed by atoms with Gasteiger partial charge in [0.1, 0.15) is 0 Å². The molecule has 0 fully saturated rings. The third-order valence-electron chi connectivity index (χ3n) is 6.71. The van der Waals surface area contributed by atoms with E-state index in [9.17, 15) is 0 Å². The highest BCUT2D eigenvalue weighted by molar-refractivity contribution is 7.80. The summed E-state index contributed by atoms with van der Waals surface area (Å²) in [6.07, 6.45) is 25.1. The van der Waals surface area contributed by atoms with Gasteiger partial charge < -0.3 is 14.2 Å². The van der Waals surface area contributed by atoms with Crippen molar-refractivity contribution in [2.24, 2.45) is 5.92 Å². The lowest BCUT2D eigenvalue weighted by Gasteiger charge is -2.41. The van der Waals surface area contributed by atoms with Crippen LogP contribution in [0.4, 0.5) is 0 Å². The Kier molecular flexibility index (Phi) is 32.0. The average Bonchev–Trinajstić information content (AvgIpc) is 2.87. The van der Waals surface area contributed by atoms with Crippen LogP contribution in [0, 0.1) is 5.92 Å². The highest BCUT2D eigenvalue weighted by Gasteiger charge is 2.39. The Bertz CT molecular complexity index is 397. The van der Waals surface area contributed by atoms with Crippen molar-refractivity contribution in [2.45, 2.75) is 149 Å². The third kappa shape index (κ3) is 22.9. The minimum atomic E-state index is -0.400. The molecule has 1 unspecified atom stereocenters. The second-order valence-electron chi connectivity index (χ2n) is 9.76. The number of hydrogen-bond donors (Lipinski definition) is 1. The van der Waals surface area contributed by atoms with Crippen molar-refractivity contribution in [1.29, 1.82) is 0 Å².